The van der Waals surface area contributed by atoms with Gasteiger partial charge in [0.05, 0.1) is 11.4 Å². The predicted molar refractivity (Wildman–Crippen MR) is 113 cm³/mol. The van der Waals surface area contributed by atoms with E-state index in [1.165, 1.54) is 41.4 Å². The van der Waals surface area contributed by atoms with E-state index in [1.807, 2.05) is 13.0 Å². The number of hydrogen-bond acceptors (Lipinski definition) is 6. The summed E-state index contributed by atoms with van der Waals surface area (Å²) in [5.41, 5.74) is 1.59. The lowest BCUT2D eigenvalue weighted by atomic mass is 10.1. The molecule has 0 aliphatic rings. The number of aryl methyl sites for hydroxylation is 1. The second kappa shape index (κ2) is 8.08. The predicted octanol–water partition coefficient (Wildman–Crippen LogP) is 4.96. The Morgan fingerprint density at radius 3 is 2.80 bits per heavy atom. The van der Waals surface area contributed by atoms with E-state index in [1.54, 1.807) is 29.6 Å². The maximum Gasteiger partial charge on any atom is 0.336 e. The molecule has 0 unspecified atom stereocenters. The van der Waals surface area contributed by atoms with Gasteiger partial charge in [-0.25, -0.2) is 14.2 Å². The van der Waals surface area contributed by atoms with Crippen molar-refractivity contribution < 1.29 is 18.3 Å². The number of hydrogen-bond donors (Lipinski definition) is 0. The van der Waals surface area contributed by atoms with Crippen LogP contribution >= 0.6 is 11.3 Å². The highest BCUT2D eigenvalue weighted by molar-refractivity contribution is 7.14. The molecule has 2 aromatic heterocycles. The SMILES string of the molecule is CC(=O)N(c1nc(COc2ccc3c(C)cc(=O)oc3c2)cs1)c1ccccc1F. The van der Waals surface area contributed by atoms with E-state index in [0.29, 0.717) is 22.2 Å². The Morgan fingerprint density at radius 1 is 1.23 bits per heavy atom. The smallest absolute Gasteiger partial charge is 0.336 e. The zero-order valence-electron chi connectivity index (χ0n) is 16.2. The molecule has 0 aliphatic carbocycles. The number of benzene rings is 2. The highest BCUT2D eigenvalue weighted by atomic mass is 32.1. The number of nitrogens with zero attached hydrogens (tertiary/aromatic N) is 2. The van der Waals surface area contributed by atoms with Crippen LogP contribution in [0.5, 0.6) is 5.75 Å². The van der Waals surface area contributed by atoms with Crippen molar-refractivity contribution >= 4 is 39.0 Å². The number of fused-ring (bicyclic) bond motifs is 1. The molecule has 1 amide bonds. The van der Waals surface area contributed by atoms with Crippen molar-refractivity contribution in [2.24, 2.45) is 0 Å². The molecule has 152 valence electrons. The minimum Gasteiger partial charge on any atom is -0.487 e. The van der Waals surface area contributed by atoms with Crippen molar-refractivity contribution in [3.05, 3.63) is 81.4 Å². The molecule has 2 heterocycles. The van der Waals surface area contributed by atoms with Crippen molar-refractivity contribution in [3.63, 3.8) is 0 Å². The molecule has 0 spiro atoms. The minimum atomic E-state index is -0.506. The zero-order valence-corrected chi connectivity index (χ0v) is 17.0. The van der Waals surface area contributed by atoms with Gasteiger partial charge in [0.25, 0.3) is 0 Å². The quantitative estimate of drug-likeness (QED) is 0.424. The number of aromatic nitrogens is 1. The Labute approximate surface area is 175 Å². The highest BCUT2D eigenvalue weighted by Crippen LogP contribution is 2.31. The van der Waals surface area contributed by atoms with Crippen molar-refractivity contribution in [1.29, 1.82) is 0 Å². The molecule has 4 rings (SSSR count). The molecule has 30 heavy (non-hydrogen) atoms. The number of carbonyl (C=O) groups is 1. The first-order chi connectivity index (χ1) is 14.4. The summed E-state index contributed by atoms with van der Waals surface area (Å²) in [4.78, 5) is 29.4. The van der Waals surface area contributed by atoms with Gasteiger partial charge in [-0.05, 0) is 36.8 Å². The Bertz CT molecular complexity index is 1300. The molecule has 8 heteroatoms. The fraction of sp³-hybridized carbons (Fsp3) is 0.136. The van der Waals surface area contributed by atoms with Crippen molar-refractivity contribution in [3.8, 4) is 5.75 Å². The van der Waals surface area contributed by atoms with Crippen LogP contribution in [-0.2, 0) is 11.4 Å². The number of anilines is 2. The highest BCUT2D eigenvalue weighted by Gasteiger charge is 2.21. The van der Waals surface area contributed by atoms with Gasteiger partial charge < -0.3 is 9.15 Å². The van der Waals surface area contributed by atoms with Crippen LogP contribution in [0.2, 0.25) is 0 Å². The molecule has 4 aromatic rings. The van der Waals surface area contributed by atoms with Crippen LogP contribution in [-0.4, -0.2) is 10.9 Å². The van der Waals surface area contributed by atoms with E-state index in [4.69, 9.17) is 9.15 Å². The Hall–Kier alpha value is -3.52. The van der Waals surface area contributed by atoms with E-state index in [-0.39, 0.29) is 18.2 Å². The molecule has 0 bridgehead atoms. The van der Waals surface area contributed by atoms with Gasteiger partial charge in [-0.3, -0.25) is 9.69 Å². The van der Waals surface area contributed by atoms with E-state index in [0.717, 1.165) is 10.9 Å². The summed E-state index contributed by atoms with van der Waals surface area (Å²) in [6.07, 6.45) is 0. The van der Waals surface area contributed by atoms with Gasteiger partial charge in [0.2, 0.25) is 5.91 Å². The topological polar surface area (TPSA) is 72.6 Å². The molecule has 0 radical (unpaired) electrons. The van der Waals surface area contributed by atoms with Gasteiger partial charge >= 0.3 is 5.63 Å². The van der Waals surface area contributed by atoms with Gasteiger partial charge in [-0.15, -0.1) is 11.3 Å². The number of thiazole rings is 1. The Morgan fingerprint density at radius 2 is 2.03 bits per heavy atom. The van der Waals surface area contributed by atoms with Crippen molar-refractivity contribution in [2.45, 2.75) is 20.5 Å². The third-order valence-corrected chi connectivity index (χ3v) is 5.32. The molecule has 0 saturated carbocycles. The first-order valence-electron chi connectivity index (χ1n) is 9.09. The fourth-order valence-electron chi connectivity index (χ4n) is 3.06. The van der Waals surface area contributed by atoms with Crippen LogP contribution in [0, 0.1) is 12.7 Å². The summed E-state index contributed by atoms with van der Waals surface area (Å²) in [6, 6.07) is 12.7. The molecule has 0 N–H and O–H groups in total. The normalized spacial score (nSPS) is 10.9. The maximum atomic E-state index is 14.2. The van der Waals surface area contributed by atoms with Gasteiger partial charge in [-0.1, -0.05) is 12.1 Å². The first kappa shape index (κ1) is 19.8. The number of ether oxygens (including phenoxy) is 1. The second-order valence-electron chi connectivity index (χ2n) is 6.62. The van der Waals surface area contributed by atoms with Crippen LogP contribution < -0.4 is 15.3 Å². The lowest BCUT2D eigenvalue weighted by Crippen LogP contribution is -2.23. The summed E-state index contributed by atoms with van der Waals surface area (Å²) in [7, 11) is 0. The van der Waals surface area contributed by atoms with Crippen LogP contribution in [0.25, 0.3) is 11.0 Å². The third-order valence-electron chi connectivity index (χ3n) is 4.45. The van der Waals surface area contributed by atoms with Gasteiger partial charge in [0, 0.05) is 29.8 Å². The molecule has 6 nitrogen and oxygen atoms in total. The summed E-state index contributed by atoms with van der Waals surface area (Å²) in [5, 5.41) is 2.93. The van der Waals surface area contributed by atoms with Crippen molar-refractivity contribution in [2.75, 3.05) is 4.90 Å². The zero-order chi connectivity index (χ0) is 21.3. The molecule has 0 fully saturated rings. The molecular formula is C22H17FN2O4S. The van der Waals surface area contributed by atoms with Crippen LogP contribution in [0.4, 0.5) is 15.2 Å². The monoisotopic (exact) mass is 424 g/mol. The third kappa shape index (κ3) is 3.95. The summed E-state index contributed by atoms with van der Waals surface area (Å²) >= 11 is 1.22. The molecule has 0 atom stereocenters. The average molecular weight is 424 g/mol. The van der Waals surface area contributed by atoms with Crippen molar-refractivity contribution in [1.82, 2.24) is 4.98 Å². The number of amides is 1. The second-order valence-corrected chi connectivity index (χ2v) is 7.46. The largest absolute Gasteiger partial charge is 0.487 e. The lowest BCUT2D eigenvalue weighted by molar-refractivity contribution is -0.115. The maximum absolute atomic E-state index is 14.2. The number of rotatable bonds is 5. The summed E-state index contributed by atoms with van der Waals surface area (Å²) < 4.78 is 25.2. The fourth-order valence-corrected chi connectivity index (χ4v) is 3.92. The molecular weight excluding hydrogens is 407 g/mol. The van der Waals surface area contributed by atoms with Gasteiger partial charge in [0.1, 0.15) is 23.8 Å². The average Bonchev–Trinajstić information content (AvgIpc) is 3.16. The molecule has 2 aromatic carbocycles. The standard InChI is InChI=1S/C22H17FN2O4S/c1-13-9-21(27)29-20-10-16(7-8-17(13)20)28-11-15-12-30-22(24-15)25(14(2)26)19-6-4-3-5-18(19)23/h3-10,12H,11H2,1-2H3. The van der Waals surface area contributed by atoms with E-state index >= 15 is 0 Å². The number of carbonyl (C=O) groups excluding carboxylic acids is 1. The summed E-state index contributed by atoms with van der Waals surface area (Å²) in [5.74, 6) is -0.334. The lowest BCUT2D eigenvalue weighted by Gasteiger charge is -2.18. The molecule has 0 aliphatic heterocycles. The summed E-state index contributed by atoms with van der Waals surface area (Å²) in [6.45, 7) is 3.34. The van der Waals surface area contributed by atoms with Crippen LogP contribution in [0.3, 0.4) is 0 Å². The molecule has 0 saturated heterocycles. The number of halogens is 1. The van der Waals surface area contributed by atoms with Crippen LogP contribution in [0.1, 0.15) is 18.2 Å². The van der Waals surface area contributed by atoms with E-state index in [9.17, 15) is 14.0 Å². The van der Waals surface area contributed by atoms with Gasteiger partial charge in [-0.2, -0.15) is 0 Å². The Kier molecular flexibility index (Phi) is 5.33. The Balaban J connectivity index is 1.55. The van der Waals surface area contributed by atoms with Crippen LogP contribution in [0.15, 0.2) is 63.1 Å². The van der Waals surface area contributed by atoms with Gasteiger partial charge in [0.15, 0.2) is 5.13 Å². The number of para-hydroxylation sites is 1. The van der Waals surface area contributed by atoms with E-state index in [2.05, 4.69) is 4.98 Å². The minimum absolute atomic E-state index is 0.140. The van der Waals surface area contributed by atoms with E-state index < -0.39 is 11.4 Å². The first-order valence-corrected chi connectivity index (χ1v) is 9.97.